The second kappa shape index (κ2) is 5.43. The Balaban J connectivity index is 2.58. The minimum absolute atomic E-state index is 0.0896. The molecule has 0 bridgehead atoms. The van der Waals surface area contributed by atoms with Crippen LogP contribution in [0.5, 0.6) is 0 Å². The first-order valence-corrected chi connectivity index (χ1v) is 5.43. The Bertz CT molecular complexity index is 690. The summed E-state index contributed by atoms with van der Waals surface area (Å²) in [7, 11) is 0. The predicted molar refractivity (Wildman–Crippen MR) is 68.7 cm³/mol. The molecule has 0 aliphatic carbocycles. The van der Waals surface area contributed by atoms with E-state index in [1.54, 1.807) is 0 Å². The number of nitrogen functional groups attached to an aromatic ring is 1. The molecule has 1 unspecified atom stereocenters. The number of fused-ring (bicyclic) bond motifs is 1. The van der Waals surface area contributed by atoms with E-state index in [-0.39, 0.29) is 24.5 Å². The lowest BCUT2D eigenvalue weighted by atomic mass is 10.0. The maximum absolute atomic E-state index is 12.0. The van der Waals surface area contributed by atoms with Gasteiger partial charge in [0.1, 0.15) is 17.5 Å². The summed E-state index contributed by atoms with van der Waals surface area (Å²) in [5.74, 6) is 7.24. The SMILES string of the molecule is C#CCC(CON)c1nc2ncnc(N)c2[nH]c1=O. The highest BCUT2D eigenvalue weighted by Crippen LogP contribution is 2.16. The van der Waals surface area contributed by atoms with Gasteiger partial charge in [0.05, 0.1) is 6.61 Å². The van der Waals surface area contributed by atoms with E-state index in [9.17, 15) is 4.79 Å². The maximum atomic E-state index is 12.0. The number of nitrogens with zero attached hydrogens (tertiary/aromatic N) is 3. The summed E-state index contributed by atoms with van der Waals surface area (Å²) in [4.78, 5) is 31.0. The molecule has 0 amide bonds. The summed E-state index contributed by atoms with van der Waals surface area (Å²) in [5.41, 5.74) is 6.02. The van der Waals surface area contributed by atoms with Crippen molar-refractivity contribution >= 4 is 17.0 Å². The van der Waals surface area contributed by atoms with E-state index in [0.29, 0.717) is 11.2 Å². The van der Waals surface area contributed by atoms with Crippen LogP contribution in [0, 0.1) is 12.3 Å². The zero-order valence-electron chi connectivity index (χ0n) is 9.96. The third kappa shape index (κ3) is 2.52. The first-order valence-electron chi connectivity index (χ1n) is 5.43. The highest BCUT2D eigenvalue weighted by molar-refractivity contribution is 5.80. The summed E-state index contributed by atoms with van der Waals surface area (Å²) in [6.07, 6.45) is 6.80. The van der Waals surface area contributed by atoms with Crippen molar-refractivity contribution in [3.8, 4) is 12.3 Å². The molecule has 2 aromatic rings. The van der Waals surface area contributed by atoms with E-state index in [4.69, 9.17) is 18.1 Å². The number of aromatic amines is 1. The van der Waals surface area contributed by atoms with Gasteiger partial charge in [0.15, 0.2) is 11.5 Å². The Morgan fingerprint density at radius 1 is 1.53 bits per heavy atom. The van der Waals surface area contributed by atoms with E-state index in [1.165, 1.54) is 6.33 Å². The normalized spacial score (nSPS) is 12.2. The minimum atomic E-state index is -0.411. The van der Waals surface area contributed by atoms with Crippen LogP contribution in [0.15, 0.2) is 11.1 Å². The molecule has 0 fully saturated rings. The average molecular weight is 260 g/mol. The standard InChI is InChI=1S/C11H12N6O2/c1-2-3-6(4-19-13)7-11(18)17-8-9(12)14-5-15-10(8)16-7/h1,5-6H,3-4,13H2,(H,17,18)(H2,12,14,15,16). The first kappa shape index (κ1) is 12.9. The van der Waals surface area contributed by atoms with Crippen molar-refractivity contribution in [3.63, 3.8) is 0 Å². The smallest absolute Gasteiger partial charge is 0.270 e. The molecule has 0 radical (unpaired) electrons. The van der Waals surface area contributed by atoms with Gasteiger partial charge < -0.3 is 15.6 Å². The van der Waals surface area contributed by atoms with Crippen molar-refractivity contribution < 1.29 is 4.84 Å². The second-order valence-corrected chi connectivity index (χ2v) is 3.85. The molecule has 98 valence electrons. The molecule has 0 saturated carbocycles. The first-order chi connectivity index (χ1) is 9.17. The largest absolute Gasteiger partial charge is 0.382 e. The highest BCUT2D eigenvalue weighted by atomic mass is 16.6. The van der Waals surface area contributed by atoms with Crippen LogP contribution >= 0.6 is 0 Å². The highest BCUT2D eigenvalue weighted by Gasteiger charge is 2.18. The maximum Gasteiger partial charge on any atom is 0.270 e. The van der Waals surface area contributed by atoms with Crippen molar-refractivity contribution in [1.82, 2.24) is 19.9 Å². The van der Waals surface area contributed by atoms with Crippen molar-refractivity contribution in [1.29, 1.82) is 0 Å². The summed E-state index contributed by atoms with van der Waals surface area (Å²) in [6.45, 7) is 0.0896. The topological polar surface area (TPSA) is 133 Å². The Hall–Kier alpha value is -2.50. The fourth-order valence-corrected chi connectivity index (χ4v) is 1.71. The van der Waals surface area contributed by atoms with Gasteiger partial charge in [-0.1, -0.05) is 0 Å². The van der Waals surface area contributed by atoms with Crippen LogP contribution in [-0.4, -0.2) is 26.5 Å². The van der Waals surface area contributed by atoms with Gasteiger partial charge in [-0.3, -0.25) is 4.79 Å². The van der Waals surface area contributed by atoms with Gasteiger partial charge in [0.2, 0.25) is 0 Å². The number of rotatable bonds is 4. The number of hydrogen-bond acceptors (Lipinski definition) is 7. The fraction of sp³-hybridized carbons (Fsp3) is 0.273. The van der Waals surface area contributed by atoms with Crippen LogP contribution in [0.4, 0.5) is 5.82 Å². The number of nitrogens with two attached hydrogens (primary N) is 2. The molecule has 0 aliphatic rings. The Morgan fingerprint density at radius 2 is 2.32 bits per heavy atom. The second-order valence-electron chi connectivity index (χ2n) is 3.85. The van der Waals surface area contributed by atoms with Crippen LogP contribution in [0.2, 0.25) is 0 Å². The number of H-pyrrole nitrogens is 1. The third-order valence-corrected chi connectivity index (χ3v) is 2.60. The third-order valence-electron chi connectivity index (χ3n) is 2.60. The number of hydrogen-bond donors (Lipinski definition) is 3. The van der Waals surface area contributed by atoms with Gasteiger partial charge >= 0.3 is 0 Å². The van der Waals surface area contributed by atoms with Gasteiger partial charge in [0.25, 0.3) is 5.56 Å². The molecule has 2 rings (SSSR count). The molecule has 1 atom stereocenters. The Labute approximate surface area is 108 Å². The molecule has 2 heterocycles. The monoisotopic (exact) mass is 260 g/mol. The van der Waals surface area contributed by atoms with E-state index in [1.807, 2.05) is 0 Å². The van der Waals surface area contributed by atoms with Crippen LogP contribution in [0.25, 0.3) is 11.2 Å². The zero-order chi connectivity index (χ0) is 13.8. The molecular weight excluding hydrogens is 248 g/mol. The molecule has 5 N–H and O–H groups in total. The van der Waals surface area contributed by atoms with Crippen LogP contribution in [0.1, 0.15) is 18.0 Å². The molecule has 0 aliphatic heterocycles. The predicted octanol–water partition coefficient (Wildman–Crippen LogP) is -0.708. The molecule has 8 heteroatoms. The molecule has 0 saturated heterocycles. The minimum Gasteiger partial charge on any atom is -0.382 e. The quantitative estimate of drug-likeness (QED) is 0.488. The molecule has 0 spiro atoms. The van der Waals surface area contributed by atoms with Crippen molar-refractivity contribution in [2.75, 3.05) is 12.3 Å². The van der Waals surface area contributed by atoms with Gasteiger partial charge in [-0.25, -0.2) is 20.8 Å². The van der Waals surface area contributed by atoms with Gasteiger partial charge in [-0.2, -0.15) is 0 Å². The molecule has 8 nitrogen and oxygen atoms in total. The van der Waals surface area contributed by atoms with Crippen LogP contribution in [0.3, 0.4) is 0 Å². The Kier molecular flexibility index (Phi) is 3.70. The van der Waals surface area contributed by atoms with E-state index in [0.717, 1.165) is 0 Å². The average Bonchev–Trinajstić information content (AvgIpc) is 2.39. The van der Waals surface area contributed by atoms with Gasteiger partial charge in [-0.05, 0) is 0 Å². The number of aromatic nitrogens is 4. The molecule has 0 aromatic carbocycles. The lowest BCUT2D eigenvalue weighted by Crippen LogP contribution is -2.23. The number of terminal acetylenes is 1. The van der Waals surface area contributed by atoms with Crippen molar-refractivity contribution in [2.24, 2.45) is 5.90 Å². The zero-order valence-corrected chi connectivity index (χ0v) is 9.96. The summed E-state index contributed by atoms with van der Waals surface area (Å²) in [6, 6.07) is 0. The van der Waals surface area contributed by atoms with Crippen molar-refractivity contribution in [3.05, 3.63) is 22.4 Å². The summed E-state index contributed by atoms with van der Waals surface area (Å²) in [5, 5.41) is 0. The summed E-state index contributed by atoms with van der Waals surface area (Å²) >= 11 is 0. The van der Waals surface area contributed by atoms with E-state index >= 15 is 0 Å². The lowest BCUT2D eigenvalue weighted by Gasteiger charge is -2.11. The van der Waals surface area contributed by atoms with E-state index in [2.05, 4.69) is 30.7 Å². The number of nitrogens with one attached hydrogen (secondary N) is 1. The van der Waals surface area contributed by atoms with Crippen molar-refractivity contribution in [2.45, 2.75) is 12.3 Å². The van der Waals surface area contributed by atoms with E-state index < -0.39 is 11.5 Å². The van der Waals surface area contributed by atoms with Gasteiger partial charge in [-0.15, -0.1) is 12.3 Å². The molecule has 19 heavy (non-hydrogen) atoms. The van der Waals surface area contributed by atoms with Crippen LogP contribution in [-0.2, 0) is 4.84 Å². The molecular formula is C11H12N6O2. The molecule has 2 aromatic heterocycles. The van der Waals surface area contributed by atoms with Gasteiger partial charge in [0, 0.05) is 12.3 Å². The Morgan fingerprint density at radius 3 is 3.00 bits per heavy atom. The number of anilines is 1. The van der Waals surface area contributed by atoms with Crippen LogP contribution < -0.4 is 17.2 Å². The fourth-order valence-electron chi connectivity index (χ4n) is 1.71. The summed E-state index contributed by atoms with van der Waals surface area (Å²) < 4.78 is 0. The lowest BCUT2D eigenvalue weighted by molar-refractivity contribution is 0.122.